The summed E-state index contributed by atoms with van der Waals surface area (Å²) in [6, 6.07) is 11.2. The first kappa shape index (κ1) is 13.4. The van der Waals surface area contributed by atoms with Crippen molar-refractivity contribution in [3.8, 4) is 11.5 Å². The van der Waals surface area contributed by atoms with E-state index >= 15 is 0 Å². The van der Waals surface area contributed by atoms with Crippen molar-refractivity contribution in [1.29, 1.82) is 0 Å². The van der Waals surface area contributed by atoms with Gasteiger partial charge in [-0.05, 0) is 36.8 Å². The van der Waals surface area contributed by atoms with E-state index in [0.29, 0.717) is 25.4 Å². The van der Waals surface area contributed by atoms with E-state index < -0.39 is 0 Å². The fourth-order valence-electron chi connectivity index (χ4n) is 1.78. The molecule has 1 aromatic carbocycles. The highest BCUT2D eigenvalue weighted by atomic mass is 16.5. The average Bonchev–Trinajstić information content (AvgIpc) is 2.44. The van der Waals surface area contributed by atoms with Crippen molar-refractivity contribution in [1.82, 2.24) is 10.3 Å². The van der Waals surface area contributed by atoms with Crippen molar-refractivity contribution in [2.24, 2.45) is 0 Å². The average molecular weight is 258 g/mol. The molecule has 1 aromatic heterocycles. The van der Waals surface area contributed by atoms with E-state index in [-0.39, 0.29) is 5.75 Å². The van der Waals surface area contributed by atoms with Gasteiger partial charge < -0.3 is 15.2 Å². The number of hydrogen-bond donors (Lipinski definition) is 2. The molecule has 0 fully saturated rings. The van der Waals surface area contributed by atoms with Crippen LogP contribution in [0.1, 0.15) is 18.2 Å². The second kappa shape index (κ2) is 6.75. The number of hydrogen-bond acceptors (Lipinski definition) is 4. The summed E-state index contributed by atoms with van der Waals surface area (Å²) in [6.07, 6.45) is 1.78. The highest BCUT2D eigenvalue weighted by molar-refractivity contribution is 5.41. The third kappa shape index (κ3) is 3.96. The molecule has 0 aliphatic carbocycles. The molecule has 0 unspecified atom stereocenters. The molecule has 0 atom stereocenters. The molecular formula is C15H18N2O2. The Labute approximate surface area is 113 Å². The van der Waals surface area contributed by atoms with Gasteiger partial charge in [0.2, 0.25) is 0 Å². The molecule has 0 saturated heterocycles. The SMILES string of the molecule is CCOc1cc(CNCc2ccccn2)ccc1O. The monoisotopic (exact) mass is 258 g/mol. The second-order valence-corrected chi connectivity index (χ2v) is 4.16. The lowest BCUT2D eigenvalue weighted by molar-refractivity contribution is 0.317. The van der Waals surface area contributed by atoms with Gasteiger partial charge in [0.25, 0.3) is 0 Å². The van der Waals surface area contributed by atoms with E-state index in [1.54, 1.807) is 12.3 Å². The van der Waals surface area contributed by atoms with Crippen molar-refractivity contribution in [3.63, 3.8) is 0 Å². The van der Waals surface area contributed by atoms with Crippen molar-refractivity contribution in [2.45, 2.75) is 20.0 Å². The first-order valence-corrected chi connectivity index (χ1v) is 6.35. The zero-order valence-corrected chi connectivity index (χ0v) is 11.0. The van der Waals surface area contributed by atoms with Crippen LogP contribution in [0.4, 0.5) is 0 Å². The summed E-state index contributed by atoms with van der Waals surface area (Å²) < 4.78 is 5.35. The molecule has 0 aliphatic heterocycles. The Morgan fingerprint density at radius 2 is 2.11 bits per heavy atom. The molecule has 0 amide bonds. The number of nitrogens with one attached hydrogen (secondary N) is 1. The number of nitrogens with zero attached hydrogens (tertiary/aromatic N) is 1. The topological polar surface area (TPSA) is 54.4 Å². The summed E-state index contributed by atoms with van der Waals surface area (Å²) >= 11 is 0. The van der Waals surface area contributed by atoms with Crippen LogP contribution in [0.25, 0.3) is 0 Å². The van der Waals surface area contributed by atoms with Crippen LogP contribution in [0.5, 0.6) is 11.5 Å². The molecule has 2 rings (SSSR count). The summed E-state index contributed by atoms with van der Waals surface area (Å²) in [5, 5.41) is 12.9. The minimum atomic E-state index is 0.176. The largest absolute Gasteiger partial charge is 0.504 e. The molecule has 2 N–H and O–H groups in total. The van der Waals surface area contributed by atoms with Gasteiger partial charge in [-0.25, -0.2) is 0 Å². The molecule has 19 heavy (non-hydrogen) atoms. The molecule has 0 spiro atoms. The van der Waals surface area contributed by atoms with Crippen LogP contribution in [0, 0.1) is 0 Å². The first-order chi connectivity index (χ1) is 9.29. The molecule has 4 heteroatoms. The Hall–Kier alpha value is -2.07. The predicted molar refractivity (Wildman–Crippen MR) is 74.1 cm³/mol. The smallest absolute Gasteiger partial charge is 0.161 e. The third-order valence-corrected chi connectivity index (χ3v) is 2.69. The van der Waals surface area contributed by atoms with Gasteiger partial charge in [-0.1, -0.05) is 12.1 Å². The minimum Gasteiger partial charge on any atom is -0.504 e. The van der Waals surface area contributed by atoms with Gasteiger partial charge in [-0.15, -0.1) is 0 Å². The van der Waals surface area contributed by atoms with Crippen molar-refractivity contribution >= 4 is 0 Å². The van der Waals surface area contributed by atoms with Gasteiger partial charge in [0.1, 0.15) is 0 Å². The normalized spacial score (nSPS) is 10.4. The lowest BCUT2D eigenvalue weighted by atomic mass is 10.2. The van der Waals surface area contributed by atoms with E-state index in [1.807, 2.05) is 37.3 Å². The highest BCUT2D eigenvalue weighted by Gasteiger charge is 2.03. The molecule has 0 saturated carbocycles. The van der Waals surface area contributed by atoms with E-state index in [0.717, 1.165) is 11.3 Å². The molecule has 0 bridgehead atoms. The van der Waals surface area contributed by atoms with E-state index in [4.69, 9.17) is 4.74 Å². The molecule has 1 heterocycles. The van der Waals surface area contributed by atoms with E-state index in [9.17, 15) is 5.11 Å². The van der Waals surface area contributed by atoms with Gasteiger partial charge in [0.05, 0.1) is 12.3 Å². The minimum absolute atomic E-state index is 0.176. The van der Waals surface area contributed by atoms with Crippen LogP contribution in [0.15, 0.2) is 42.6 Å². The van der Waals surface area contributed by atoms with Gasteiger partial charge in [-0.3, -0.25) is 4.98 Å². The van der Waals surface area contributed by atoms with E-state index in [1.165, 1.54) is 0 Å². The van der Waals surface area contributed by atoms with Crippen molar-refractivity contribution < 1.29 is 9.84 Å². The van der Waals surface area contributed by atoms with Crippen LogP contribution in [-0.4, -0.2) is 16.7 Å². The van der Waals surface area contributed by atoms with Gasteiger partial charge in [0, 0.05) is 19.3 Å². The van der Waals surface area contributed by atoms with Gasteiger partial charge in [-0.2, -0.15) is 0 Å². The van der Waals surface area contributed by atoms with Crippen LogP contribution in [0.2, 0.25) is 0 Å². The molecule has 0 radical (unpaired) electrons. The van der Waals surface area contributed by atoms with Gasteiger partial charge in [0.15, 0.2) is 11.5 Å². The summed E-state index contributed by atoms with van der Waals surface area (Å²) in [6.45, 7) is 3.85. The number of phenolic OH excluding ortho intramolecular Hbond substituents is 1. The number of benzene rings is 1. The Bertz CT molecular complexity index is 515. The number of aromatic nitrogens is 1. The fraction of sp³-hybridized carbons (Fsp3) is 0.267. The maximum atomic E-state index is 9.61. The number of phenols is 1. The van der Waals surface area contributed by atoms with Crippen molar-refractivity contribution in [2.75, 3.05) is 6.61 Å². The number of aromatic hydroxyl groups is 1. The molecule has 100 valence electrons. The van der Waals surface area contributed by atoms with Crippen LogP contribution < -0.4 is 10.1 Å². The summed E-state index contributed by atoms with van der Waals surface area (Å²) in [5.41, 5.74) is 2.07. The third-order valence-electron chi connectivity index (χ3n) is 2.69. The Kier molecular flexibility index (Phi) is 4.75. The second-order valence-electron chi connectivity index (χ2n) is 4.16. The number of rotatable bonds is 6. The summed E-state index contributed by atoms with van der Waals surface area (Å²) in [5.74, 6) is 0.704. The fourth-order valence-corrected chi connectivity index (χ4v) is 1.78. The molecule has 4 nitrogen and oxygen atoms in total. The molecule has 2 aromatic rings. The van der Waals surface area contributed by atoms with Crippen LogP contribution in [0.3, 0.4) is 0 Å². The van der Waals surface area contributed by atoms with Crippen molar-refractivity contribution in [3.05, 3.63) is 53.9 Å². The highest BCUT2D eigenvalue weighted by Crippen LogP contribution is 2.26. The molecule has 0 aliphatic rings. The predicted octanol–water partition coefficient (Wildman–Crippen LogP) is 2.48. The van der Waals surface area contributed by atoms with Crippen LogP contribution in [-0.2, 0) is 13.1 Å². The summed E-state index contributed by atoms with van der Waals surface area (Å²) in [7, 11) is 0. The van der Waals surface area contributed by atoms with Crippen LogP contribution >= 0.6 is 0 Å². The number of ether oxygens (including phenoxy) is 1. The summed E-state index contributed by atoms with van der Waals surface area (Å²) in [4.78, 5) is 4.24. The lowest BCUT2D eigenvalue weighted by Crippen LogP contribution is -2.13. The zero-order valence-electron chi connectivity index (χ0n) is 11.0. The standard InChI is InChI=1S/C15H18N2O2/c1-2-19-15-9-12(6-7-14(15)18)10-16-11-13-5-3-4-8-17-13/h3-9,16,18H,2,10-11H2,1H3. The zero-order chi connectivity index (χ0) is 13.5. The molecular weight excluding hydrogens is 240 g/mol. The Morgan fingerprint density at radius 1 is 1.21 bits per heavy atom. The maximum Gasteiger partial charge on any atom is 0.161 e. The Balaban J connectivity index is 1.91. The quantitative estimate of drug-likeness (QED) is 0.835. The Morgan fingerprint density at radius 3 is 2.84 bits per heavy atom. The maximum absolute atomic E-state index is 9.61. The lowest BCUT2D eigenvalue weighted by Gasteiger charge is -2.09. The van der Waals surface area contributed by atoms with E-state index in [2.05, 4.69) is 10.3 Å². The first-order valence-electron chi connectivity index (χ1n) is 6.35. The van der Waals surface area contributed by atoms with Gasteiger partial charge >= 0.3 is 0 Å². The number of pyridine rings is 1.